The maximum Gasteiger partial charge on any atom is 0.161 e. The van der Waals surface area contributed by atoms with E-state index in [0.717, 1.165) is 37.7 Å². The van der Waals surface area contributed by atoms with E-state index in [4.69, 9.17) is 4.74 Å². The van der Waals surface area contributed by atoms with Crippen molar-refractivity contribution in [3.63, 3.8) is 0 Å². The number of phenolic OH excluding ortho intramolecular Hbond substituents is 1. The Morgan fingerprint density at radius 3 is 2.69 bits per heavy atom. The van der Waals surface area contributed by atoms with Crippen LogP contribution in [-0.2, 0) is 13.0 Å². The summed E-state index contributed by atoms with van der Waals surface area (Å²) in [7, 11) is 0. The van der Waals surface area contributed by atoms with Gasteiger partial charge in [-0.3, -0.25) is 0 Å². The van der Waals surface area contributed by atoms with E-state index in [2.05, 4.69) is 19.9 Å². The fraction of sp³-hybridized carbons (Fsp3) is 0.538. The Hall–Kier alpha value is -2.00. The minimum atomic E-state index is -0.149. The van der Waals surface area contributed by atoms with E-state index < -0.39 is 0 Å². The molecule has 0 amide bonds. The minimum Gasteiger partial charge on any atom is -0.504 e. The van der Waals surface area contributed by atoms with Gasteiger partial charge < -0.3 is 14.9 Å². The highest BCUT2D eigenvalue weighted by Crippen LogP contribution is 2.62. The molecule has 3 aliphatic rings. The molecule has 0 spiro atoms. The molecule has 3 heteroatoms. The monoisotopic (exact) mass is 392 g/mol. The van der Waals surface area contributed by atoms with E-state index in [-0.39, 0.29) is 17.3 Å². The van der Waals surface area contributed by atoms with Gasteiger partial charge in [-0.25, -0.2) is 0 Å². The Morgan fingerprint density at radius 1 is 1.10 bits per heavy atom. The number of fused-ring (bicyclic) bond motifs is 5. The minimum absolute atomic E-state index is 0.0771. The van der Waals surface area contributed by atoms with E-state index in [0.29, 0.717) is 36.0 Å². The lowest BCUT2D eigenvalue weighted by Crippen LogP contribution is -2.46. The summed E-state index contributed by atoms with van der Waals surface area (Å²) in [6.07, 6.45) is 5.16. The van der Waals surface area contributed by atoms with Gasteiger partial charge in [-0.15, -0.1) is 0 Å². The van der Waals surface area contributed by atoms with E-state index in [1.807, 2.05) is 36.4 Å². The van der Waals surface area contributed by atoms with Gasteiger partial charge in [0.25, 0.3) is 0 Å². The molecule has 154 valence electrons. The molecule has 6 atom stereocenters. The predicted octanol–water partition coefficient (Wildman–Crippen LogP) is 5.43. The molecule has 2 aromatic rings. The zero-order chi connectivity index (χ0) is 20.2. The summed E-state index contributed by atoms with van der Waals surface area (Å²) in [5.74, 6) is 3.13. The fourth-order valence-corrected chi connectivity index (χ4v) is 6.81. The van der Waals surface area contributed by atoms with Crippen molar-refractivity contribution in [2.75, 3.05) is 0 Å². The second-order valence-electron chi connectivity index (χ2n) is 9.90. The largest absolute Gasteiger partial charge is 0.504 e. The highest BCUT2D eigenvalue weighted by Gasteiger charge is 2.56. The van der Waals surface area contributed by atoms with Crippen molar-refractivity contribution < 1.29 is 14.9 Å². The topological polar surface area (TPSA) is 49.7 Å². The molecular formula is C26H32O3. The number of hydrogen-bond donors (Lipinski definition) is 2. The summed E-state index contributed by atoms with van der Waals surface area (Å²) in [5.41, 5.74) is 3.83. The normalized spacial score (nSPS) is 35.5. The molecule has 2 fully saturated rings. The van der Waals surface area contributed by atoms with Gasteiger partial charge in [0.2, 0.25) is 0 Å². The van der Waals surface area contributed by atoms with E-state index >= 15 is 0 Å². The van der Waals surface area contributed by atoms with Crippen LogP contribution in [0.5, 0.6) is 11.5 Å². The lowest BCUT2D eigenvalue weighted by molar-refractivity contribution is -0.0356. The number of rotatable bonds is 3. The zero-order valence-corrected chi connectivity index (χ0v) is 17.5. The average molecular weight is 393 g/mol. The van der Waals surface area contributed by atoms with E-state index in [1.165, 1.54) is 11.1 Å². The molecule has 5 rings (SSSR count). The molecular weight excluding hydrogens is 360 g/mol. The number of benzene rings is 2. The maximum absolute atomic E-state index is 10.7. The number of phenols is 1. The van der Waals surface area contributed by atoms with E-state index in [1.54, 1.807) is 0 Å². The molecule has 2 saturated carbocycles. The molecule has 0 heterocycles. The summed E-state index contributed by atoms with van der Waals surface area (Å²) < 4.78 is 5.98. The van der Waals surface area contributed by atoms with Crippen LogP contribution in [0.25, 0.3) is 0 Å². The molecule has 3 nitrogen and oxygen atoms in total. The second kappa shape index (κ2) is 7.05. The molecule has 29 heavy (non-hydrogen) atoms. The summed E-state index contributed by atoms with van der Waals surface area (Å²) in [5, 5.41) is 21.3. The van der Waals surface area contributed by atoms with Gasteiger partial charge in [0.1, 0.15) is 6.61 Å². The SMILES string of the molecule is C[C@@H]1Cc2cc(OCc3ccccc3)c(O)cc2[C@H]2CC[C@]3(C)[C@@H](O)CC[C@H]3[C@H]12. The van der Waals surface area contributed by atoms with Crippen molar-refractivity contribution in [1.82, 2.24) is 0 Å². The van der Waals surface area contributed by atoms with Crippen molar-refractivity contribution in [2.45, 2.75) is 64.6 Å². The Kier molecular flexibility index (Phi) is 4.62. The highest BCUT2D eigenvalue weighted by molar-refractivity contribution is 5.49. The number of aliphatic hydroxyl groups excluding tert-OH is 1. The van der Waals surface area contributed by atoms with Gasteiger partial charge in [0.05, 0.1) is 6.10 Å². The van der Waals surface area contributed by atoms with Crippen molar-refractivity contribution in [3.8, 4) is 11.5 Å². The molecule has 3 aliphatic carbocycles. The van der Waals surface area contributed by atoms with Crippen LogP contribution in [0, 0.1) is 23.2 Å². The Balaban J connectivity index is 1.43. The van der Waals surface area contributed by atoms with Crippen LogP contribution in [0.1, 0.15) is 62.1 Å². The summed E-state index contributed by atoms with van der Waals surface area (Å²) in [6, 6.07) is 14.1. The van der Waals surface area contributed by atoms with Gasteiger partial charge in [0.15, 0.2) is 11.5 Å². The third kappa shape index (κ3) is 3.06. The first kappa shape index (κ1) is 19.0. The van der Waals surface area contributed by atoms with Crippen LogP contribution in [0.4, 0.5) is 0 Å². The summed E-state index contributed by atoms with van der Waals surface area (Å²) >= 11 is 0. The van der Waals surface area contributed by atoms with E-state index in [9.17, 15) is 10.2 Å². The van der Waals surface area contributed by atoms with Crippen LogP contribution in [0.2, 0.25) is 0 Å². The van der Waals surface area contributed by atoms with Gasteiger partial charge in [-0.2, -0.15) is 0 Å². The van der Waals surface area contributed by atoms with Crippen molar-refractivity contribution >= 4 is 0 Å². The lowest BCUT2D eigenvalue weighted by atomic mass is 9.53. The number of aliphatic hydroxyl groups is 1. The first-order chi connectivity index (χ1) is 14.0. The molecule has 0 saturated heterocycles. The smallest absolute Gasteiger partial charge is 0.161 e. The van der Waals surface area contributed by atoms with Gasteiger partial charge in [0, 0.05) is 0 Å². The second-order valence-corrected chi connectivity index (χ2v) is 9.90. The molecule has 0 bridgehead atoms. The van der Waals surface area contributed by atoms with Crippen molar-refractivity contribution in [1.29, 1.82) is 0 Å². The standard InChI is InChI=1S/C26H32O3/c1-16-12-18-13-23(29-15-17-6-4-3-5-7-17)22(27)14-20(18)19-10-11-26(2)21(25(16)19)8-9-24(26)28/h3-7,13-14,16,19,21,24-25,27-28H,8-12,15H2,1-2H3/t16-,19-,21+,24+,25-,26+/m1/s1. The average Bonchev–Trinajstić information content (AvgIpc) is 3.02. The predicted molar refractivity (Wildman–Crippen MR) is 114 cm³/mol. The molecule has 2 N–H and O–H groups in total. The highest BCUT2D eigenvalue weighted by atomic mass is 16.5. The van der Waals surface area contributed by atoms with Gasteiger partial charge in [-0.05, 0) is 90.0 Å². The Morgan fingerprint density at radius 2 is 1.90 bits per heavy atom. The molecule has 0 radical (unpaired) electrons. The molecule has 2 aromatic carbocycles. The van der Waals surface area contributed by atoms with Crippen molar-refractivity contribution in [3.05, 3.63) is 59.2 Å². The number of aromatic hydroxyl groups is 1. The van der Waals surface area contributed by atoms with Crippen molar-refractivity contribution in [2.24, 2.45) is 23.2 Å². The van der Waals surface area contributed by atoms with Gasteiger partial charge >= 0.3 is 0 Å². The summed E-state index contributed by atoms with van der Waals surface area (Å²) in [4.78, 5) is 0. The molecule has 0 unspecified atom stereocenters. The summed E-state index contributed by atoms with van der Waals surface area (Å²) in [6.45, 7) is 5.16. The van der Waals surface area contributed by atoms with Crippen LogP contribution < -0.4 is 4.74 Å². The lowest BCUT2D eigenvalue weighted by Gasteiger charge is -2.52. The third-order valence-corrected chi connectivity index (χ3v) is 8.34. The molecule has 0 aliphatic heterocycles. The maximum atomic E-state index is 10.7. The van der Waals surface area contributed by atoms with Crippen LogP contribution in [0.3, 0.4) is 0 Å². The van der Waals surface area contributed by atoms with Crippen LogP contribution in [-0.4, -0.2) is 16.3 Å². The van der Waals surface area contributed by atoms with Crippen LogP contribution >= 0.6 is 0 Å². The first-order valence-electron chi connectivity index (χ1n) is 11.2. The molecule has 0 aromatic heterocycles. The van der Waals surface area contributed by atoms with Gasteiger partial charge in [-0.1, -0.05) is 44.2 Å². The number of ether oxygens (including phenoxy) is 1. The quantitative estimate of drug-likeness (QED) is 0.732. The zero-order valence-electron chi connectivity index (χ0n) is 17.5. The first-order valence-corrected chi connectivity index (χ1v) is 11.2. The Bertz CT molecular complexity index is 892. The number of hydrogen-bond acceptors (Lipinski definition) is 3. The van der Waals surface area contributed by atoms with Crippen LogP contribution in [0.15, 0.2) is 42.5 Å². The third-order valence-electron chi connectivity index (χ3n) is 8.34. The Labute approximate surface area is 173 Å². The fourth-order valence-electron chi connectivity index (χ4n) is 6.81.